The van der Waals surface area contributed by atoms with Crippen molar-refractivity contribution in [1.29, 1.82) is 0 Å². The number of unbranched alkanes of at least 4 members (excludes halogenated alkanes) is 11. The highest BCUT2D eigenvalue weighted by Gasteiger charge is 2.14. The molecule has 0 atom stereocenters. The molecule has 0 aromatic rings. The Labute approximate surface area is 122 Å². The second-order valence-electron chi connectivity index (χ2n) is 6.96. The summed E-state index contributed by atoms with van der Waals surface area (Å²) >= 11 is 0. The first kappa shape index (κ1) is 19.0. The summed E-state index contributed by atoms with van der Waals surface area (Å²) in [4.78, 5) is 0. The second-order valence-corrected chi connectivity index (χ2v) is 6.96. The summed E-state index contributed by atoms with van der Waals surface area (Å²) in [5.41, 5.74) is 0.137. The van der Waals surface area contributed by atoms with Gasteiger partial charge in [0.2, 0.25) is 0 Å². The van der Waals surface area contributed by atoms with E-state index in [4.69, 9.17) is 0 Å². The molecule has 1 N–H and O–H groups in total. The standard InChI is InChI=1S/C18H38O/c1-4-5-6-7-8-9-10-11-12-13-14-15-16-18(2,3)17-19/h19H,4-17H2,1-3H3. The summed E-state index contributed by atoms with van der Waals surface area (Å²) in [6.07, 6.45) is 18.0. The summed E-state index contributed by atoms with van der Waals surface area (Å²) in [6.45, 7) is 6.92. The lowest BCUT2D eigenvalue weighted by molar-refractivity contribution is 0.147. The van der Waals surface area contributed by atoms with Gasteiger partial charge in [0.25, 0.3) is 0 Å². The van der Waals surface area contributed by atoms with Gasteiger partial charge < -0.3 is 5.11 Å². The monoisotopic (exact) mass is 270 g/mol. The number of hydrogen-bond donors (Lipinski definition) is 1. The average Bonchev–Trinajstić information content (AvgIpc) is 2.40. The van der Waals surface area contributed by atoms with Crippen LogP contribution in [-0.4, -0.2) is 11.7 Å². The topological polar surface area (TPSA) is 20.2 Å². The summed E-state index contributed by atoms with van der Waals surface area (Å²) in [7, 11) is 0. The molecule has 0 rings (SSSR count). The van der Waals surface area contributed by atoms with Gasteiger partial charge in [0.1, 0.15) is 0 Å². The molecule has 0 radical (unpaired) electrons. The lowest BCUT2D eigenvalue weighted by atomic mass is 9.88. The molecule has 0 heterocycles. The van der Waals surface area contributed by atoms with E-state index in [1.807, 2.05) is 0 Å². The minimum absolute atomic E-state index is 0.137. The molecule has 0 fully saturated rings. The van der Waals surface area contributed by atoms with Crippen LogP contribution >= 0.6 is 0 Å². The van der Waals surface area contributed by atoms with Gasteiger partial charge in [-0.3, -0.25) is 0 Å². The van der Waals surface area contributed by atoms with Crippen LogP contribution in [-0.2, 0) is 0 Å². The number of aliphatic hydroxyl groups excluding tert-OH is 1. The predicted octanol–water partition coefficient (Wildman–Crippen LogP) is 6.10. The SMILES string of the molecule is CCCCCCCCCCCCCCC(C)(C)CO. The minimum Gasteiger partial charge on any atom is -0.396 e. The van der Waals surface area contributed by atoms with Crippen LogP contribution in [0.25, 0.3) is 0 Å². The van der Waals surface area contributed by atoms with Gasteiger partial charge in [-0.25, -0.2) is 0 Å². The van der Waals surface area contributed by atoms with Gasteiger partial charge in [-0.1, -0.05) is 97.8 Å². The van der Waals surface area contributed by atoms with Gasteiger partial charge in [0.05, 0.1) is 0 Å². The van der Waals surface area contributed by atoms with E-state index in [0.29, 0.717) is 6.61 Å². The Morgan fingerprint density at radius 1 is 0.632 bits per heavy atom. The Balaban J connectivity index is 3.07. The van der Waals surface area contributed by atoms with Crippen molar-refractivity contribution < 1.29 is 5.11 Å². The van der Waals surface area contributed by atoms with Crippen LogP contribution in [0, 0.1) is 5.41 Å². The zero-order valence-corrected chi connectivity index (χ0v) is 13.8. The highest BCUT2D eigenvalue weighted by molar-refractivity contribution is 4.66. The fraction of sp³-hybridized carbons (Fsp3) is 1.00. The molecule has 0 saturated carbocycles. The minimum atomic E-state index is 0.137. The molecular formula is C18H38O. The van der Waals surface area contributed by atoms with Gasteiger partial charge in [0.15, 0.2) is 0 Å². The van der Waals surface area contributed by atoms with Crippen molar-refractivity contribution in [3.05, 3.63) is 0 Å². The molecule has 0 unspecified atom stereocenters. The first-order chi connectivity index (χ1) is 9.12. The molecule has 116 valence electrons. The summed E-state index contributed by atoms with van der Waals surface area (Å²) < 4.78 is 0. The predicted molar refractivity (Wildman–Crippen MR) is 86.6 cm³/mol. The third-order valence-electron chi connectivity index (χ3n) is 4.14. The van der Waals surface area contributed by atoms with E-state index in [1.165, 1.54) is 83.5 Å². The van der Waals surface area contributed by atoms with E-state index < -0.39 is 0 Å². The van der Waals surface area contributed by atoms with Crippen LogP contribution < -0.4 is 0 Å². The van der Waals surface area contributed by atoms with E-state index in [-0.39, 0.29) is 5.41 Å². The molecule has 0 saturated heterocycles. The lowest BCUT2D eigenvalue weighted by Gasteiger charge is -2.20. The second kappa shape index (κ2) is 13.0. The Morgan fingerprint density at radius 3 is 1.37 bits per heavy atom. The van der Waals surface area contributed by atoms with Gasteiger partial charge in [-0.2, -0.15) is 0 Å². The molecule has 0 aliphatic rings. The Kier molecular flexibility index (Phi) is 12.9. The molecule has 1 nitrogen and oxygen atoms in total. The van der Waals surface area contributed by atoms with Crippen molar-refractivity contribution in [3.63, 3.8) is 0 Å². The number of hydrogen-bond acceptors (Lipinski definition) is 1. The van der Waals surface area contributed by atoms with Gasteiger partial charge in [0, 0.05) is 6.61 Å². The highest BCUT2D eigenvalue weighted by Crippen LogP contribution is 2.23. The maximum atomic E-state index is 9.17. The quantitative estimate of drug-likeness (QED) is 0.378. The maximum Gasteiger partial charge on any atom is 0.0482 e. The molecule has 0 aromatic carbocycles. The summed E-state index contributed by atoms with van der Waals surface area (Å²) in [6, 6.07) is 0. The molecule has 0 amide bonds. The molecule has 0 aromatic heterocycles. The molecular weight excluding hydrogens is 232 g/mol. The van der Waals surface area contributed by atoms with Gasteiger partial charge >= 0.3 is 0 Å². The van der Waals surface area contributed by atoms with Crippen molar-refractivity contribution in [3.8, 4) is 0 Å². The number of aliphatic hydroxyl groups is 1. The summed E-state index contributed by atoms with van der Waals surface area (Å²) in [5.74, 6) is 0. The molecule has 0 spiro atoms. The maximum absolute atomic E-state index is 9.17. The van der Waals surface area contributed by atoms with Crippen LogP contribution in [0.5, 0.6) is 0 Å². The normalized spacial score (nSPS) is 12.0. The Bertz CT molecular complexity index is 175. The zero-order valence-electron chi connectivity index (χ0n) is 13.8. The smallest absolute Gasteiger partial charge is 0.0482 e. The fourth-order valence-electron chi connectivity index (χ4n) is 2.52. The van der Waals surface area contributed by atoms with Crippen LogP contribution in [0.2, 0.25) is 0 Å². The van der Waals surface area contributed by atoms with Crippen LogP contribution in [0.4, 0.5) is 0 Å². The van der Waals surface area contributed by atoms with Crippen LogP contribution in [0.15, 0.2) is 0 Å². The van der Waals surface area contributed by atoms with E-state index in [9.17, 15) is 5.11 Å². The molecule has 19 heavy (non-hydrogen) atoms. The Hall–Kier alpha value is -0.0400. The molecule has 1 heteroatoms. The average molecular weight is 271 g/mol. The van der Waals surface area contributed by atoms with Crippen molar-refractivity contribution in [1.82, 2.24) is 0 Å². The molecule has 0 bridgehead atoms. The van der Waals surface area contributed by atoms with Crippen molar-refractivity contribution >= 4 is 0 Å². The first-order valence-corrected chi connectivity index (χ1v) is 8.73. The van der Waals surface area contributed by atoms with E-state index in [1.54, 1.807) is 0 Å². The lowest BCUT2D eigenvalue weighted by Crippen LogP contribution is -2.16. The van der Waals surface area contributed by atoms with E-state index in [2.05, 4.69) is 20.8 Å². The fourth-order valence-corrected chi connectivity index (χ4v) is 2.52. The third-order valence-corrected chi connectivity index (χ3v) is 4.14. The first-order valence-electron chi connectivity index (χ1n) is 8.73. The highest BCUT2D eigenvalue weighted by atomic mass is 16.3. The zero-order chi connectivity index (χ0) is 14.4. The van der Waals surface area contributed by atoms with Crippen molar-refractivity contribution in [2.45, 2.75) is 104 Å². The van der Waals surface area contributed by atoms with Crippen LogP contribution in [0.3, 0.4) is 0 Å². The van der Waals surface area contributed by atoms with Crippen LogP contribution in [0.1, 0.15) is 104 Å². The van der Waals surface area contributed by atoms with E-state index in [0.717, 1.165) is 0 Å². The third kappa shape index (κ3) is 14.2. The summed E-state index contributed by atoms with van der Waals surface area (Å²) in [5, 5.41) is 9.17. The van der Waals surface area contributed by atoms with E-state index >= 15 is 0 Å². The largest absolute Gasteiger partial charge is 0.396 e. The van der Waals surface area contributed by atoms with Gasteiger partial charge in [-0.15, -0.1) is 0 Å². The Morgan fingerprint density at radius 2 is 1.00 bits per heavy atom. The number of rotatable bonds is 14. The molecule has 0 aliphatic carbocycles. The van der Waals surface area contributed by atoms with Crippen molar-refractivity contribution in [2.75, 3.05) is 6.61 Å². The molecule has 0 aliphatic heterocycles. The van der Waals surface area contributed by atoms with Crippen molar-refractivity contribution in [2.24, 2.45) is 5.41 Å². The van der Waals surface area contributed by atoms with Gasteiger partial charge in [-0.05, 0) is 11.8 Å².